The molecule has 0 N–H and O–H groups in total. The third-order valence-corrected chi connectivity index (χ3v) is 6.44. The maximum Gasteiger partial charge on any atom is 0.125 e. The summed E-state index contributed by atoms with van der Waals surface area (Å²) in [4.78, 5) is 2.39. The summed E-state index contributed by atoms with van der Waals surface area (Å²) in [6, 6.07) is 16.6. The molecule has 0 aliphatic carbocycles. The first-order valence-electron chi connectivity index (χ1n) is 11.3. The van der Waals surface area contributed by atoms with Crippen LogP contribution in [0.1, 0.15) is 44.5 Å². The fourth-order valence-electron chi connectivity index (χ4n) is 3.31. The fourth-order valence-corrected chi connectivity index (χ4v) is 4.54. The van der Waals surface area contributed by atoms with Crippen LogP contribution >= 0.6 is 0 Å². The highest BCUT2D eigenvalue weighted by atomic mass is 28.3. The fraction of sp³-hybridized carbons (Fsp3) is 0.429. The first kappa shape index (κ1) is 25.8. The Labute approximate surface area is 197 Å². The number of hydrogen-bond acceptors (Lipinski definition) is 3. The summed E-state index contributed by atoms with van der Waals surface area (Å²) in [5, 5.41) is 0. The van der Waals surface area contributed by atoms with Gasteiger partial charge in [-0.3, -0.25) is 4.90 Å². The third kappa shape index (κ3) is 8.57. The van der Waals surface area contributed by atoms with Crippen LogP contribution in [-0.2, 0) is 6.54 Å². The monoisotopic (exact) mass is 448 g/mol. The predicted octanol–water partition coefficient (Wildman–Crippen LogP) is 6.54. The molecule has 2 aromatic carbocycles. The summed E-state index contributed by atoms with van der Waals surface area (Å²) < 4.78 is 12.1. The first-order chi connectivity index (χ1) is 15.2. The Balaban J connectivity index is 2.09. The van der Waals surface area contributed by atoms with Crippen LogP contribution in [0.2, 0.25) is 13.1 Å². The number of para-hydroxylation sites is 1. The van der Waals surface area contributed by atoms with Crippen molar-refractivity contribution >= 4 is 8.80 Å². The molecule has 4 heteroatoms. The van der Waals surface area contributed by atoms with Gasteiger partial charge in [-0.25, -0.2) is 0 Å². The molecule has 171 valence electrons. The lowest BCUT2D eigenvalue weighted by atomic mass is 9.98. The van der Waals surface area contributed by atoms with Gasteiger partial charge in [-0.2, -0.15) is 0 Å². The van der Waals surface area contributed by atoms with Crippen LogP contribution in [0.5, 0.6) is 11.5 Å². The second kappa shape index (κ2) is 12.5. The maximum atomic E-state index is 6.52. The van der Waals surface area contributed by atoms with E-state index in [2.05, 4.69) is 93.9 Å². The van der Waals surface area contributed by atoms with E-state index in [9.17, 15) is 0 Å². The lowest BCUT2D eigenvalue weighted by Gasteiger charge is -2.25. The summed E-state index contributed by atoms with van der Waals surface area (Å²) in [5.41, 5.74) is 2.43. The largest absolute Gasteiger partial charge is 0.496 e. The van der Waals surface area contributed by atoms with Crippen molar-refractivity contribution in [2.75, 3.05) is 20.2 Å². The zero-order valence-electron chi connectivity index (χ0n) is 20.7. The van der Waals surface area contributed by atoms with E-state index in [0.717, 1.165) is 36.7 Å². The molecule has 0 amide bonds. The summed E-state index contributed by atoms with van der Waals surface area (Å²) >= 11 is 0. The molecule has 2 rings (SSSR count). The second-order valence-corrected chi connectivity index (χ2v) is 11.9. The standard InChI is InChI=1S/C28H38NO2Si/c1-8-29(20-13-9-12-19-28(2,3)4)22-23-15-14-16-24(21-23)31-27(32(6)7)25-17-10-11-18-26(25)30-5/h9-11,13-18,21,27H,8,20,22H2,1-7H3/b13-9+. The number of ether oxygens (including phenoxy) is 2. The van der Waals surface area contributed by atoms with Crippen LogP contribution in [0, 0.1) is 17.3 Å². The average molecular weight is 449 g/mol. The second-order valence-electron chi connectivity index (χ2n) is 9.21. The van der Waals surface area contributed by atoms with Crippen molar-refractivity contribution in [3.05, 3.63) is 71.8 Å². The molecule has 0 bridgehead atoms. The van der Waals surface area contributed by atoms with Crippen molar-refractivity contribution in [1.82, 2.24) is 4.90 Å². The average Bonchev–Trinajstić information content (AvgIpc) is 2.75. The summed E-state index contributed by atoms with van der Waals surface area (Å²) in [7, 11) is 0.962. The van der Waals surface area contributed by atoms with Crippen LogP contribution < -0.4 is 9.47 Å². The Morgan fingerprint density at radius 2 is 1.84 bits per heavy atom. The Bertz CT molecular complexity index is 934. The van der Waals surface area contributed by atoms with Crippen molar-refractivity contribution in [1.29, 1.82) is 0 Å². The van der Waals surface area contributed by atoms with Crippen LogP contribution in [-0.4, -0.2) is 33.9 Å². The van der Waals surface area contributed by atoms with E-state index in [1.54, 1.807) is 7.11 Å². The van der Waals surface area contributed by atoms with E-state index in [1.807, 2.05) is 24.3 Å². The van der Waals surface area contributed by atoms with Gasteiger partial charge in [0, 0.05) is 24.1 Å². The van der Waals surface area contributed by atoms with Gasteiger partial charge < -0.3 is 9.47 Å². The number of hydrogen-bond donors (Lipinski definition) is 0. The van der Waals surface area contributed by atoms with Crippen LogP contribution in [0.3, 0.4) is 0 Å². The number of allylic oxidation sites excluding steroid dienone is 1. The molecule has 3 nitrogen and oxygen atoms in total. The minimum absolute atomic E-state index is 0.0259. The number of rotatable bonds is 10. The molecule has 1 atom stereocenters. The van der Waals surface area contributed by atoms with E-state index >= 15 is 0 Å². The highest BCUT2D eigenvalue weighted by molar-refractivity contribution is 6.57. The minimum Gasteiger partial charge on any atom is -0.496 e. The lowest BCUT2D eigenvalue weighted by molar-refractivity contribution is 0.270. The van der Waals surface area contributed by atoms with E-state index in [1.165, 1.54) is 5.56 Å². The molecule has 0 saturated carbocycles. The zero-order valence-corrected chi connectivity index (χ0v) is 21.7. The molecule has 0 saturated heterocycles. The van der Waals surface area contributed by atoms with Crippen molar-refractivity contribution in [2.24, 2.45) is 5.41 Å². The van der Waals surface area contributed by atoms with E-state index in [4.69, 9.17) is 9.47 Å². The molecule has 0 aliphatic heterocycles. The molecule has 0 spiro atoms. The quantitative estimate of drug-likeness (QED) is 0.304. The SMILES string of the molecule is CCN(C/C=C/C#CC(C)(C)C)Cc1cccc(OC(c2ccccc2OC)[Si](C)C)c1. The van der Waals surface area contributed by atoms with Gasteiger partial charge >= 0.3 is 0 Å². The van der Waals surface area contributed by atoms with Gasteiger partial charge in [-0.1, -0.05) is 68.3 Å². The minimum atomic E-state index is -0.757. The Morgan fingerprint density at radius 1 is 1.09 bits per heavy atom. The van der Waals surface area contributed by atoms with Crippen molar-refractivity contribution in [3.8, 4) is 23.3 Å². The highest BCUT2D eigenvalue weighted by Crippen LogP contribution is 2.31. The summed E-state index contributed by atoms with van der Waals surface area (Å²) in [6.07, 6.45) is 4.11. The Hall–Kier alpha value is -2.48. The summed E-state index contributed by atoms with van der Waals surface area (Å²) in [6.45, 7) is 15.8. The van der Waals surface area contributed by atoms with Crippen molar-refractivity contribution in [2.45, 2.75) is 53.1 Å². The van der Waals surface area contributed by atoms with E-state index in [-0.39, 0.29) is 11.1 Å². The highest BCUT2D eigenvalue weighted by Gasteiger charge is 2.22. The molecule has 0 heterocycles. The van der Waals surface area contributed by atoms with Gasteiger partial charge in [0.25, 0.3) is 0 Å². The molecular formula is C28H38NO2Si. The van der Waals surface area contributed by atoms with Crippen LogP contribution in [0.25, 0.3) is 0 Å². The van der Waals surface area contributed by atoms with Gasteiger partial charge in [0.2, 0.25) is 0 Å². The number of methoxy groups -OCH3 is 1. The number of nitrogens with zero attached hydrogens (tertiary/aromatic N) is 1. The summed E-state index contributed by atoms with van der Waals surface area (Å²) in [5.74, 6) is 8.19. The van der Waals surface area contributed by atoms with E-state index < -0.39 is 8.80 Å². The third-order valence-electron chi connectivity index (χ3n) is 4.96. The van der Waals surface area contributed by atoms with Gasteiger partial charge in [0.1, 0.15) is 26.0 Å². The van der Waals surface area contributed by atoms with Crippen molar-refractivity contribution < 1.29 is 9.47 Å². The van der Waals surface area contributed by atoms with Gasteiger partial charge in [-0.05, 0) is 57.2 Å². The Morgan fingerprint density at radius 3 is 2.50 bits per heavy atom. The van der Waals surface area contributed by atoms with E-state index in [0.29, 0.717) is 0 Å². The predicted molar refractivity (Wildman–Crippen MR) is 138 cm³/mol. The maximum absolute atomic E-state index is 6.52. The van der Waals surface area contributed by atoms with Gasteiger partial charge in [0.05, 0.1) is 7.11 Å². The molecule has 0 aromatic heterocycles. The van der Waals surface area contributed by atoms with Gasteiger partial charge in [0.15, 0.2) is 0 Å². The van der Waals surface area contributed by atoms with Gasteiger partial charge in [-0.15, -0.1) is 0 Å². The molecule has 1 unspecified atom stereocenters. The first-order valence-corrected chi connectivity index (χ1v) is 13.9. The molecule has 2 aromatic rings. The molecular weight excluding hydrogens is 410 g/mol. The Kier molecular flexibility index (Phi) is 10.1. The van der Waals surface area contributed by atoms with Crippen molar-refractivity contribution in [3.63, 3.8) is 0 Å². The lowest BCUT2D eigenvalue weighted by Crippen LogP contribution is -2.24. The normalized spacial score (nSPS) is 12.7. The topological polar surface area (TPSA) is 21.7 Å². The molecule has 0 aliphatic rings. The van der Waals surface area contributed by atoms with Crippen LogP contribution in [0.15, 0.2) is 60.7 Å². The number of likely N-dealkylation sites (N-methyl/N-ethyl adjacent to an activating group) is 1. The number of benzene rings is 2. The molecule has 0 fully saturated rings. The molecule has 1 radical (unpaired) electrons. The molecule has 32 heavy (non-hydrogen) atoms. The smallest absolute Gasteiger partial charge is 0.125 e. The van der Waals surface area contributed by atoms with Crippen LogP contribution in [0.4, 0.5) is 0 Å². The zero-order chi connectivity index (χ0) is 23.6.